The minimum absolute atomic E-state index is 0.0262. The Labute approximate surface area is 100 Å². The third-order valence-corrected chi connectivity index (χ3v) is 3.16. The second kappa shape index (κ2) is 5.27. The number of nitrogens with two attached hydrogens (primary N) is 1. The van der Waals surface area contributed by atoms with Crippen LogP contribution in [-0.2, 0) is 4.79 Å². The number of benzene rings is 1. The van der Waals surface area contributed by atoms with E-state index in [9.17, 15) is 9.18 Å². The molecule has 0 bridgehead atoms. The molecule has 1 saturated heterocycles. The normalized spacial score (nSPS) is 17.2. The van der Waals surface area contributed by atoms with Crippen molar-refractivity contribution in [2.45, 2.75) is 25.3 Å². The van der Waals surface area contributed by atoms with E-state index in [-0.39, 0.29) is 18.1 Å². The van der Waals surface area contributed by atoms with E-state index in [1.807, 2.05) is 0 Å². The van der Waals surface area contributed by atoms with Crippen LogP contribution >= 0.6 is 0 Å². The largest absolute Gasteiger partial charge is 0.343 e. The predicted molar refractivity (Wildman–Crippen MR) is 63.8 cm³/mol. The minimum atomic E-state index is -0.552. The summed E-state index contributed by atoms with van der Waals surface area (Å²) in [5.74, 6) is -0.313. The lowest BCUT2D eigenvalue weighted by Crippen LogP contribution is -2.30. The third kappa shape index (κ3) is 2.82. The Balaban J connectivity index is 1.99. The fourth-order valence-corrected chi connectivity index (χ4v) is 2.17. The summed E-state index contributed by atoms with van der Waals surface area (Å²) in [6.07, 6.45) is 2.29. The van der Waals surface area contributed by atoms with Gasteiger partial charge in [-0.1, -0.05) is 18.2 Å². The van der Waals surface area contributed by atoms with Crippen molar-refractivity contribution < 1.29 is 9.18 Å². The molecule has 1 unspecified atom stereocenters. The zero-order valence-corrected chi connectivity index (χ0v) is 9.73. The van der Waals surface area contributed by atoms with E-state index in [0.717, 1.165) is 25.9 Å². The summed E-state index contributed by atoms with van der Waals surface area (Å²) in [5, 5.41) is 0. The van der Waals surface area contributed by atoms with E-state index in [1.165, 1.54) is 6.07 Å². The Kier molecular flexibility index (Phi) is 3.74. The SMILES string of the molecule is NC(CC(=O)N1CCCC1)c1ccccc1F. The summed E-state index contributed by atoms with van der Waals surface area (Å²) in [7, 11) is 0. The van der Waals surface area contributed by atoms with Gasteiger partial charge >= 0.3 is 0 Å². The van der Waals surface area contributed by atoms with Crippen molar-refractivity contribution in [2.75, 3.05) is 13.1 Å². The highest BCUT2D eigenvalue weighted by Gasteiger charge is 2.21. The van der Waals surface area contributed by atoms with Gasteiger partial charge in [0.2, 0.25) is 5.91 Å². The van der Waals surface area contributed by atoms with Crippen LogP contribution in [0.4, 0.5) is 4.39 Å². The summed E-state index contributed by atoms with van der Waals surface area (Å²) in [4.78, 5) is 13.7. The Bertz CT molecular complexity index is 402. The summed E-state index contributed by atoms with van der Waals surface area (Å²) < 4.78 is 13.5. The molecule has 1 heterocycles. The highest BCUT2D eigenvalue weighted by atomic mass is 19.1. The molecule has 92 valence electrons. The van der Waals surface area contributed by atoms with Crippen molar-refractivity contribution in [1.29, 1.82) is 0 Å². The van der Waals surface area contributed by atoms with Crippen LogP contribution < -0.4 is 5.73 Å². The maximum absolute atomic E-state index is 13.5. The Morgan fingerprint density at radius 3 is 2.65 bits per heavy atom. The summed E-state index contributed by atoms with van der Waals surface area (Å²) >= 11 is 0. The van der Waals surface area contributed by atoms with Gasteiger partial charge in [0.05, 0.1) is 0 Å². The van der Waals surface area contributed by atoms with Gasteiger partial charge in [-0.15, -0.1) is 0 Å². The molecule has 1 fully saturated rings. The van der Waals surface area contributed by atoms with Crippen LogP contribution in [0.15, 0.2) is 24.3 Å². The second-order valence-electron chi connectivity index (χ2n) is 4.42. The van der Waals surface area contributed by atoms with E-state index in [4.69, 9.17) is 5.73 Å². The van der Waals surface area contributed by atoms with Crippen LogP contribution in [0, 0.1) is 5.82 Å². The molecule has 1 amide bonds. The first-order chi connectivity index (χ1) is 8.18. The number of carbonyl (C=O) groups is 1. The first-order valence-electron chi connectivity index (χ1n) is 5.96. The van der Waals surface area contributed by atoms with Crippen LogP contribution in [0.5, 0.6) is 0 Å². The molecule has 0 spiro atoms. The second-order valence-corrected chi connectivity index (χ2v) is 4.42. The maximum atomic E-state index is 13.5. The van der Waals surface area contributed by atoms with Gasteiger partial charge in [0.25, 0.3) is 0 Å². The first kappa shape index (κ1) is 12.0. The van der Waals surface area contributed by atoms with Crippen LogP contribution in [-0.4, -0.2) is 23.9 Å². The molecule has 0 saturated carbocycles. The fourth-order valence-electron chi connectivity index (χ4n) is 2.17. The molecule has 2 N–H and O–H groups in total. The summed E-state index contributed by atoms with van der Waals surface area (Å²) in [5.41, 5.74) is 6.29. The van der Waals surface area contributed by atoms with Gasteiger partial charge in [0.1, 0.15) is 5.82 Å². The van der Waals surface area contributed by atoms with Crippen LogP contribution in [0.2, 0.25) is 0 Å². The molecule has 0 aliphatic carbocycles. The van der Waals surface area contributed by atoms with Crippen molar-refractivity contribution in [1.82, 2.24) is 4.90 Å². The number of halogens is 1. The van der Waals surface area contributed by atoms with Gasteiger partial charge in [0, 0.05) is 31.1 Å². The van der Waals surface area contributed by atoms with Crippen molar-refractivity contribution in [3.63, 3.8) is 0 Å². The van der Waals surface area contributed by atoms with Crippen molar-refractivity contribution in [3.8, 4) is 0 Å². The topological polar surface area (TPSA) is 46.3 Å². The predicted octanol–water partition coefficient (Wildman–Crippen LogP) is 1.84. The van der Waals surface area contributed by atoms with Crippen LogP contribution in [0.3, 0.4) is 0 Å². The molecule has 0 aromatic heterocycles. The van der Waals surface area contributed by atoms with Gasteiger partial charge < -0.3 is 10.6 Å². The molecule has 1 aromatic carbocycles. The Morgan fingerprint density at radius 1 is 1.35 bits per heavy atom. The van der Waals surface area contributed by atoms with Crippen LogP contribution in [0.25, 0.3) is 0 Å². The monoisotopic (exact) mass is 236 g/mol. The van der Waals surface area contributed by atoms with Crippen molar-refractivity contribution in [2.24, 2.45) is 5.73 Å². The van der Waals surface area contributed by atoms with Gasteiger partial charge in [-0.2, -0.15) is 0 Å². The molecule has 2 rings (SSSR count). The third-order valence-electron chi connectivity index (χ3n) is 3.16. The molecule has 1 atom stereocenters. The number of hydrogen-bond donors (Lipinski definition) is 1. The van der Waals surface area contributed by atoms with E-state index in [1.54, 1.807) is 23.1 Å². The zero-order chi connectivity index (χ0) is 12.3. The molecular weight excluding hydrogens is 219 g/mol. The van der Waals surface area contributed by atoms with E-state index in [2.05, 4.69) is 0 Å². The zero-order valence-electron chi connectivity index (χ0n) is 9.73. The number of carbonyl (C=O) groups excluding carboxylic acids is 1. The lowest BCUT2D eigenvalue weighted by atomic mass is 10.0. The molecule has 1 aliphatic heterocycles. The average Bonchev–Trinajstić information content (AvgIpc) is 2.82. The molecule has 17 heavy (non-hydrogen) atoms. The molecule has 1 aromatic rings. The van der Waals surface area contributed by atoms with Gasteiger partial charge in [-0.05, 0) is 18.9 Å². The number of likely N-dealkylation sites (tertiary alicyclic amines) is 1. The minimum Gasteiger partial charge on any atom is -0.343 e. The van der Waals surface area contributed by atoms with Gasteiger partial charge in [-0.25, -0.2) is 4.39 Å². The quantitative estimate of drug-likeness (QED) is 0.870. The van der Waals surface area contributed by atoms with Crippen molar-refractivity contribution >= 4 is 5.91 Å². The molecule has 0 radical (unpaired) electrons. The van der Waals surface area contributed by atoms with E-state index >= 15 is 0 Å². The van der Waals surface area contributed by atoms with E-state index in [0.29, 0.717) is 5.56 Å². The van der Waals surface area contributed by atoms with E-state index < -0.39 is 6.04 Å². The maximum Gasteiger partial charge on any atom is 0.224 e. The Morgan fingerprint density at radius 2 is 2.00 bits per heavy atom. The lowest BCUT2D eigenvalue weighted by Gasteiger charge is -2.18. The molecule has 1 aliphatic rings. The molecule has 4 heteroatoms. The fraction of sp³-hybridized carbons (Fsp3) is 0.462. The molecule has 3 nitrogen and oxygen atoms in total. The standard InChI is InChI=1S/C13H17FN2O/c14-11-6-2-1-5-10(11)12(15)9-13(17)16-7-3-4-8-16/h1-2,5-6,12H,3-4,7-9,15H2. The highest BCUT2D eigenvalue weighted by molar-refractivity contribution is 5.77. The van der Waals surface area contributed by atoms with Gasteiger partial charge in [0.15, 0.2) is 0 Å². The number of nitrogens with zero attached hydrogens (tertiary/aromatic N) is 1. The highest BCUT2D eigenvalue weighted by Crippen LogP contribution is 2.19. The molecular formula is C13H17FN2O. The average molecular weight is 236 g/mol. The summed E-state index contributed by atoms with van der Waals surface area (Å²) in [6.45, 7) is 1.62. The van der Waals surface area contributed by atoms with Crippen LogP contribution in [0.1, 0.15) is 30.9 Å². The van der Waals surface area contributed by atoms with Gasteiger partial charge in [-0.3, -0.25) is 4.79 Å². The summed E-state index contributed by atoms with van der Waals surface area (Å²) in [6, 6.07) is 5.81. The number of hydrogen-bond acceptors (Lipinski definition) is 2. The first-order valence-corrected chi connectivity index (χ1v) is 5.96. The smallest absolute Gasteiger partial charge is 0.224 e. The number of rotatable bonds is 3. The lowest BCUT2D eigenvalue weighted by molar-refractivity contribution is -0.130. The van der Waals surface area contributed by atoms with Crippen molar-refractivity contribution in [3.05, 3.63) is 35.6 Å². The number of amides is 1. The Hall–Kier alpha value is -1.42.